The van der Waals surface area contributed by atoms with Crippen molar-refractivity contribution in [2.24, 2.45) is 5.92 Å². The van der Waals surface area contributed by atoms with E-state index in [1.807, 2.05) is 6.92 Å². The van der Waals surface area contributed by atoms with Gasteiger partial charge in [-0.2, -0.15) is 0 Å². The number of rotatable bonds is 2. The van der Waals surface area contributed by atoms with E-state index in [4.69, 9.17) is 17.0 Å². The van der Waals surface area contributed by atoms with E-state index in [1.54, 1.807) is 0 Å². The predicted molar refractivity (Wildman–Crippen MR) is 66.3 cm³/mol. The zero-order valence-electron chi connectivity index (χ0n) is 9.78. The van der Waals surface area contributed by atoms with Gasteiger partial charge >= 0.3 is 5.97 Å². The maximum absolute atomic E-state index is 11.9. The van der Waals surface area contributed by atoms with E-state index in [0.717, 1.165) is 30.8 Å². The first-order valence-corrected chi connectivity index (χ1v) is 6.61. The number of esters is 1. The second-order valence-corrected chi connectivity index (χ2v) is 5.02. The van der Waals surface area contributed by atoms with Gasteiger partial charge in [0.05, 0.1) is 17.5 Å². The molecule has 90 valence electrons. The fourth-order valence-corrected chi connectivity index (χ4v) is 3.17. The van der Waals surface area contributed by atoms with Crippen molar-refractivity contribution in [2.75, 3.05) is 13.2 Å². The van der Waals surface area contributed by atoms with Crippen LogP contribution in [0.5, 0.6) is 0 Å². The predicted octanol–water partition coefficient (Wildman–Crippen LogP) is 2.14. The standard InChI is InChI=1S/C12H19NO2S/c1-2-15-12(14)9-6-7-11(16)13-8-4-3-5-10(9)13/h9-10H,2-8H2,1H3. The molecule has 2 unspecified atom stereocenters. The van der Waals surface area contributed by atoms with Crippen LogP contribution in [0.15, 0.2) is 0 Å². The molecule has 4 heteroatoms. The number of nitrogens with zero attached hydrogens (tertiary/aromatic N) is 1. The molecule has 0 aromatic rings. The maximum Gasteiger partial charge on any atom is 0.311 e. The van der Waals surface area contributed by atoms with Gasteiger partial charge in [0.15, 0.2) is 0 Å². The van der Waals surface area contributed by atoms with Crippen molar-refractivity contribution in [1.29, 1.82) is 0 Å². The molecule has 2 heterocycles. The Balaban J connectivity index is 2.08. The molecule has 3 nitrogen and oxygen atoms in total. The summed E-state index contributed by atoms with van der Waals surface area (Å²) >= 11 is 5.38. The number of carbonyl (C=O) groups is 1. The zero-order chi connectivity index (χ0) is 11.5. The molecule has 2 fully saturated rings. The highest BCUT2D eigenvalue weighted by Gasteiger charge is 2.39. The van der Waals surface area contributed by atoms with Crippen LogP contribution >= 0.6 is 12.2 Å². The second kappa shape index (κ2) is 5.13. The summed E-state index contributed by atoms with van der Waals surface area (Å²) in [6.45, 7) is 3.37. The van der Waals surface area contributed by atoms with Crippen molar-refractivity contribution in [2.45, 2.75) is 45.1 Å². The molecule has 0 radical (unpaired) electrons. The Morgan fingerprint density at radius 3 is 3.06 bits per heavy atom. The first kappa shape index (κ1) is 11.8. The number of ether oxygens (including phenoxy) is 1. The van der Waals surface area contributed by atoms with Gasteiger partial charge in [0.2, 0.25) is 0 Å². The fourth-order valence-electron chi connectivity index (χ4n) is 2.82. The topological polar surface area (TPSA) is 29.5 Å². The monoisotopic (exact) mass is 241 g/mol. The second-order valence-electron chi connectivity index (χ2n) is 4.55. The Hall–Kier alpha value is -0.640. The Labute approximate surface area is 102 Å². The summed E-state index contributed by atoms with van der Waals surface area (Å²) in [7, 11) is 0. The van der Waals surface area contributed by atoms with E-state index in [1.165, 1.54) is 12.8 Å². The fraction of sp³-hybridized carbons (Fsp3) is 0.833. The van der Waals surface area contributed by atoms with E-state index in [9.17, 15) is 4.79 Å². The highest BCUT2D eigenvalue weighted by Crippen LogP contribution is 2.32. The first-order valence-electron chi connectivity index (χ1n) is 6.20. The third-order valence-electron chi connectivity index (χ3n) is 3.59. The molecule has 0 aromatic heterocycles. The van der Waals surface area contributed by atoms with Crippen LogP contribution in [0, 0.1) is 5.92 Å². The van der Waals surface area contributed by atoms with Crippen LogP contribution in [-0.4, -0.2) is 35.1 Å². The Morgan fingerprint density at radius 2 is 2.31 bits per heavy atom. The van der Waals surface area contributed by atoms with Crippen LogP contribution in [0.1, 0.15) is 39.0 Å². The third kappa shape index (κ3) is 2.21. The lowest BCUT2D eigenvalue weighted by atomic mass is 9.83. The molecule has 2 aliphatic rings. The molecule has 0 N–H and O–H groups in total. The number of carbonyl (C=O) groups excluding carboxylic acids is 1. The Kier molecular flexibility index (Phi) is 3.79. The van der Waals surface area contributed by atoms with Gasteiger partial charge in [0, 0.05) is 12.6 Å². The van der Waals surface area contributed by atoms with Gasteiger partial charge in [-0.1, -0.05) is 12.2 Å². The van der Waals surface area contributed by atoms with Crippen LogP contribution in [0.2, 0.25) is 0 Å². The highest BCUT2D eigenvalue weighted by atomic mass is 32.1. The zero-order valence-corrected chi connectivity index (χ0v) is 10.6. The van der Waals surface area contributed by atoms with Gasteiger partial charge in [-0.25, -0.2) is 0 Å². The van der Waals surface area contributed by atoms with Crippen LogP contribution in [0.3, 0.4) is 0 Å². The maximum atomic E-state index is 11.9. The molecule has 2 aliphatic heterocycles. The van der Waals surface area contributed by atoms with Crippen LogP contribution in [0.25, 0.3) is 0 Å². The molecule has 0 bridgehead atoms. The van der Waals surface area contributed by atoms with E-state index in [-0.39, 0.29) is 11.9 Å². The van der Waals surface area contributed by atoms with Crippen molar-refractivity contribution in [3.05, 3.63) is 0 Å². The van der Waals surface area contributed by atoms with E-state index >= 15 is 0 Å². The minimum Gasteiger partial charge on any atom is -0.466 e. The summed E-state index contributed by atoms with van der Waals surface area (Å²) in [4.78, 5) is 15.2. The highest BCUT2D eigenvalue weighted by molar-refractivity contribution is 7.80. The first-order chi connectivity index (χ1) is 7.74. The molecule has 0 saturated carbocycles. The number of fused-ring (bicyclic) bond motifs is 1. The molecule has 2 rings (SSSR count). The summed E-state index contributed by atoms with van der Waals surface area (Å²) in [5, 5.41) is 0. The quantitative estimate of drug-likeness (QED) is 0.547. The van der Waals surface area contributed by atoms with Crippen LogP contribution in [0.4, 0.5) is 0 Å². The van der Waals surface area contributed by atoms with Crippen molar-refractivity contribution < 1.29 is 9.53 Å². The molecule has 0 amide bonds. The van der Waals surface area contributed by atoms with Crippen molar-refractivity contribution in [3.63, 3.8) is 0 Å². The van der Waals surface area contributed by atoms with Gasteiger partial charge in [-0.3, -0.25) is 4.79 Å². The largest absolute Gasteiger partial charge is 0.466 e. The molecular formula is C12H19NO2S. The van der Waals surface area contributed by atoms with Crippen molar-refractivity contribution in [1.82, 2.24) is 4.90 Å². The Bertz CT molecular complexity index is 293. The lowest BCUT2D eigenvalue weighted by molar-refractivity contribution is -0.151. The average Bonchev–Trinajstić information content (AvgIpc) is 2.30. The van der Waals surface area contributed by atoms with Gasteiger partial charge in [-0.15, -0.1) is 0 Å². The smallest absolute Gasteiger partial charge is 0.311 e. The minimum atomic E-state index is -0.0260. The molecule has 0 aliphatic carbocycles. The normalized spacial score (nSPS) is 29.8. The summed E-state index contributed by atoms with van der Waals surface area (Å²) in [5.74, 6) is 0.0221. The molecule has 16 heavy (non-hydrogen) atoms. The summed E-state index contributed by atoms with van der Waals surface area (Å²) in [6, 6.07) is 0.314. The minimum absolute atomic E-state index is 0.0260. The summed E-state index contributed by atoms with van der Waals surface area (Å²) in [6.07, 6.45) is 5.24. The molecular weight excluding hydrogens is 222 g/mol. The van der Waals surface area contributed by atoms with Crippen LogP contribution in [-0.2, 0) is 9.53 Å². The van der Waals surface area contributed by atoms with E-state index in [0.29, 0.717) is 12.6 Å². The van der Waals surface area contributed by atoms with Gasteiger partial charge in [0.1, 0.15) is 0 Å². The lowest BCUT2D eigenvalue weighted by Crippen LogP contribution is -2.52. The third-order valence-corrected chi connectivity index (χ3v) is 4.03. The average molecular weight is 241 g/mol. The molecule has 0 aromatic carbocycles. The van der Waals surface area contributed by atoms with Crippen molar-refractivity contribution in [3.8, 4) is 0 Å². The van der Waals surface area contributed by atoms with E-state index in [2.05, 4.69) is 4.90 Å². The van der Waals surface area contributed by atoms with Gasteiger partial charge < -0.3 is 9.64 Å². The molecule has 2 atom stereocenters. The summed E-state index contributed by atoms with van der Waals surface area (Å²) in [5.41, 5.74) is 0. The van der Waals surface area contributed by atoms with Gasteiger partial charge in [-0.05, 0) is 39.0 Å². The van der Waals surface area contributed by atoms with Crippen molar-refractivity contribution >= 4 is 23.2 Å². The van der Waals surface area contributed by atoms with Gasteiger partial charge in [0.25, 0.3) is 0 Å². The number of hydrogen-bond acceptors (Lipinski definition) is 3. The molecule has 0 spiro atoms. The van der Waals surface area contributed by atoms with Crippen LogP contribution < -0.4 is 0 Å². The SMILES string of the molecule is CCOC(=O)C1CCC(=S)N2CCCCC12. The number of hydrogen-bond donors (Lipinski definition) is 0. The Morgan fingerprint density at radius 1 is 1.50 bits per heavy atom. The number of thiocarbonyl (C=S) groups is 1. The number of piperidine rings is 2. The van der Waals surface area contributed by atoms with E-state index < -0.39 is 0 Å². The lowest BCUT2D eigenvalue weighted by Gasteiger charge is -2.44. The molecule has 2 saturated heterocycles. The summed E-state index contributed by atoms with van der Waals surface area (Å²) < 4.78 is 5.16.